The third-order valence-electron chi connectivity index (χ3n) is 4.74. The predicted octanol–water partition coefficient (Wildman–Crippen LogP) is 0.0870. The van der Waals surface area contributed by atoms with Crippen molar-refractivity contribution in [3.05, 3.63) is 72.0 Å². The number of non-ortho nitro benzene ring substituents is 1. The fourth-order valence-corrected chi connectivity index (χ4v) is 3.20. The van der Waals surface area contributed by atoms with Gasteiger partial charge in [-0.25, -0.2) is 14.6 Å². The minimum Gasteiger partial charge on any atom is -0.407 e. The van der Waals surface area contributed by atoms with Gasteiger partial charge in [0, 0.05) is 20.2 Å². The molecule has 0 spiro atoms. The van der Waals surface area contributed by atoms with E-state index in [9.17, 15) is 29.3 Å². The lowest BCUT2D eigenvalue weighted by molar-refractivity contribution is -0.384. The molecule has 0 unspecified atom stereocenters. The van der Waals surface area contributed by atoms with Crippen molar-refractivity contribution in [2.24, 2.45) is 14.1 Å². The highest BCUT2D eigenvalue weighted by atomic mass is 16.6. The summed E-state index contributed by atoms with van der Waals surface area (Å²) in [4.78, 5) is 63.2. The standard InChI is InChI=1S/C18H14N6O7/c1-21-15-11(16(26)22(2)17(21)27)5-9(7-19-15)20-14(25)8-23-12-4-3-10(24(29)30)6-13(12)31-18(23)28/h3-7H,8H2,1-2H3,(H,20,25). The second kappa shape index (κ2) is 7.05. The van der Waals surface area contributed by atoms with E-state index in [1.807, 2.05) is 0 Å². The van der Waals surface area contributed by atoms with Crippen molar-refractivity contribution >= 4 is 39.4 Å². The molecule has 1 aromatic carbocycles. The first-order chi connectivity index (χ1) is 14.7. The van der Waals surface area contributed by atoms with Crippen molar-refractivity contribution in [1.29, 1.82) is 0 Å². The van der Waals surface area contributed by atoms with Gasteiger partial charge in [0.15, 0.2) is 5.58 Å². The number of aromatic nitrogens is 4. The number of oxazole rings is 1. The molecule has 3 heterocycles. The first-order valence-electron chi connectivity index (χ1n) is 8.81. The van der Waals surface area contributed by atoms with Crippen molar-refractivity contribution in [2.45, 2.75) is 6.54 Å². The fraction of sp³-hybridized carbons (Fsp3) is 0.167. The van der Waals surface area contributed by atoms with E-state index >= 15 is 0 Å². The van der Waals surface area contributed by atoms with E-state index in [2.05, 4.69) is 10.3 Å². The van der Waals surface area contributed by atoms with E-state index < -0.39 is 34.4 Å². The topological polar surface area (TPSA) is 164 Å². The van der Waals surface area contributed by atoms with Gasteiger partial charge in [0.1, 0.15) is 12.2 Å². The molecule has 0 radical (unpaired) electrons. The molecule has 4 aromatic rings. The number of anilines is 1. The molecule has 4 rings (SSSR count). The Morgan fingerprint density at radius 1 is 1.19 bits per heavy atom. The van der Waals surface area contributed by atoms with Gasteiger partial charge < -0.3 is 9.73 Å². The molecule has 13 nitrogen and oxygen atoms in total. The van der Waals surface area contributed by atoms with Crippen molar-refractivity contribution in [3.8, 4) is 0 Å². The Morgan fingerprint density at radius 3 is 2.65 bits per heavy atom. The molecular weight excluding hydrogens is 412 g/mol. The number of fused-ring (bicyclic) bond motifs is 2. The molecule has 0 aliphatic carbocycles. The lowest BCUT2D eigenvalue weighted by Crippen LogP contribution is -2.37. The number of nitrogens with one attached hydrogen (secondary N) is 1. The highest BCUT2D eigenvalue weighted by molar-refractivity contribution is 5.93. The normalized spacial score (nSPS) is 11.2. The van der Waals surface area contributed by atoms with Gasteiger partial charge in [0.05, 0.1) is 33.8 Å². The molecule has 0 aliphatic rings. The minimum absolute atomic E-state index is 0.0243. The summed E-state index contributed by atoms with van der Waals surface area (Å²) in [6, 6.07) is 4.98. The van der Waals surface area contributed by atoms with Crippen molar-refractivity contribution in [3.63, 3.8) is 0 Å². The number of nitro benzene ring substituents is 1. The van der Waals surface area contributed by atoms with Gasteiger partial charge in [-0.3, -0.25) is 33.4 Å². The summed E-state index contributed by atoms with van der Waals surface area (Å²) < 4.78 is 8.14. The summed E-state index contributed by atoms with van der Waals surface area (Å²) in [7, 11) is 2.80. The first kappa shape index (κ1) is 19.8. The summed E-state index contributed by atoms with van der Waals surface area (Å²) >= 11 is 0. The maximum atomic E-state index is 12.5. The van der Waals surface area contributed by atoms with Crippen LogP contribution in [-0.2, 0) is 25.4 Å². The Morgan fingerprint density at radius 2 is 1.94 bits per heavy atom. The highest BCUT2D eigenvalue weighted by Crippen LogP contribution is 2.20. The van der Waals surface area contributed by atoms with Crippen molar-refractivity contribution in [2.75, 3.05) is 5.32 Å². The molecule has 158 valence electrons. The van der Waals surface area contributed by atoms with Crippen molar-refractivity contribution < 1.29 is 14.1 Å². The van der Waals surface area contributed by atoms with E-state index in [1.54, 1.807) is 0 Å². The number of carbonyl (C=O) groups excluding carboxylic acids is 1. The Kier molecular flexibility index (Phi) is 4.49. The van der Waals surface area contributed by atoms with Gasteiger partial charge in [-0.05, 0) is 12.1 Å². The second-order valence-corrected chi connectivity index (χ2v) is 6.71. The highest BCUT2D eigenvalue weighted by Gasteiger charge is 2.17. The van der Waals surface area contributed by atoms with Crippen LogP contribution in [0.5, 0.6) is 0 Å². The van der Waals surface area contributed by atoms with Crippen LogP contribution in [0, 0.1) is 10.1 Å². The Bertz CT molecular complexity index is 1570. The molecule has 31 heavy (non-hydrogen) atoms. The fourth-order valence-electron chi connectivity index (χ4n) is 3.20. The summed E-state index contributed by atoms with van der Waals surface area (Å²) in [6.07, 6.45) is 1.28. The molecule has 1 N–H and O–H groups in total. The van der Waals surface area contributed by atoms with Crippen LogP contribution in [-0.4, -0.2) is 29.5 Å². The molecule has 0 saturated carbocycles. The lowest BCUT2D eigenvalue weighted by Gasteiger charge is -2.09. The van der Waals surface area contributed by atoms with Crippen LogP contribution in [0.4, 0.5) is 11.4 Å². The van der Waals surface area contributed by atoms with Crippen molar-refractivity contribution in [1.82, 2.24) is 18.7 Å². The molecule has 3 aromatic heterocycles. The number of pyridine rings is 1. The second-order valence-electron chi connectivity index (χ2n) is 6.71. The summed E-state index contributed by atoms with van der Waals surface area (Å²) in [6.45, 7) is -0.438. The summed E-state index contributed by atoms with van der Waals surface area (Å²) in [5, 5.41) is 13.5. The van der Waals surface area contributed by atoms with Crippen LogP contribution in [0.3, 0.4) is 0 Å². The molecular formula is C18H14N6O7. The molecule has 1 amide bonds. The van der Waals surface area contributed by atoms with Crippen LogP contribution in [0.15, 0.2) is 49.3 Å². The average Bonchev–Trinajstić information content (AvgIpc) is 3.04. The molecule has 13 heteroatoms. The van der Waals surface area contributed by atoms with Crippen LogP contribution in [0.2, 0.25) is 0 Å². The van der Waals surface area contributed by atoms with Gasteiger partial charge in [0.25, 0.3) is 11.2 Å². The van der Waals surface area contributed by atoms with E-state index in [1.165, 1.54) is 43.1 Å². The molecule has 0 fully saturated rings. The first-order valence-corrected chi connectivity index (χ1v) is 8.81. The van der Waals surface area contributed by atoms with Crippen LogP contribution < -0.4 is 22.3 Å². The number of nitrogens with zero attached hydrogens (tertiary/aromatic N) is 5. The zero-order chi connectivity index (χ0) is 22.4. The van der Waals surface area contributed by atoms with Gasteiger partial charge in [-0.2, -0.15) is 0 Å². The van der Waals surface area contributed by atoms with E-state index in [4.69, 9.17) is 4.42 Å². The zero-order valence-corrected chi connectivity index (χ0v) is 16.2. The smallest absolute Gasteiger partial charge is 0.407 e. The number of hydrogen-bond donors (Lipinski definition) is 1. The van der Waals surface area contributed by atoms with Gasteiger partial charge >= 0.3 is 11.4 Å². The van der Waals surface area contributed by atoms with Gasteiger partial charge in [-0.15, -0.1) is 0 Å². The minimum atomic E-state index is -0.855. The number of aryl methyl sites for hydroxylation is 1. The van der Waals surface area contributed by atoms with E-state index in [-0.39, 0.29) is 33.5 Å². The molecule has 0 bridgehead atoms. The van der Waals surface area contributed by atoms with Gasteiger partial charge in [0.2, 0.25) is 5.91 Å². The molecule has 0 atom stereocenters. The Labute approximate surface area is 170 Å². The number of hydrogen-bond acceptors (Lipinski definition) is 8. The quantitative estimate of drug-likeness (QED) is 0.354. The summed E-state index contributed by atoms with van der Waals surface area (Å²) in [5.41, 5.74) is -0.825. The third-order valence-corrected chi connectivity index (χ3v) is 4.74. The Hall–Kier alpha value is -4.55. The third kappa shape index (κ3) is 3.27. The SMILES string of the molecule is Cn1c(=O)c2cc(NC(=O)Cn3c(=O)oc4cc([N+](=O)[O-])ccc43)cnc2n(C)c1=O. The van der Waals surface area contributed by atoms with E-state index in [0.29, 0.717) is 0 Å². The van der Waals surface area contributed by atoms with Crippen LogP contribution >= 0.6 is 0 Å². The maximum Gasteiger partial charge on any atom is 0.420 e. The summed E-state index contributed by atoms with van der Waals surface area (Å²) in [5.74, 6) is -1.47. The predicted molar refractivity (Wildman–Crippen MR) is 108 cm³/mol. The molecule has 0 aliphatic heterocycles. The average molecular weight is 426 g/mol. The van der Waals surface area contributed by atoms with Crippen LogP contribution in [0.1, 0.15) is 0 Å². The molecule has 0 saturated heterocycles. The van der Waals surface area contributed by atoms with Crippen LogP contribution in [0.25, 0.3) is 22.1 Å². The lowest BCUT2D eigenvalue weighted by atomic mass is 10.3. The largest absolute Gasteiger partial charge is 0.420 e. The van der Waals surface area contributed by atoms with E-state index in [0.717, 1.165) is 15.2 Å². The monoisotopic (exact) mass is 426 g/mol. The number of carbonyl (C=O) groups is 1. The number of amides is 1. The Balaban J connectivity index is 1.65. The number of rotatable bonds is 4. The number of nitro groups is 1. The zero-order valence-electron chi connectivity index (χ0n) is 16.2. The maximum absolute atomic E-state index is 12.5. The number of benzene rings is 1. The van der Waals surface area contributed by atoms with Gasteiger partial charge in [-0.1, -0.05) is 0 Å².